The number of hydrogen-bond acceptors (Lipinski definition) is 5. The first kappa shape index (κ1) is 14.0. The van der Waals surface area contributed by atoms with E-state index in [0.717, 1.165) is 6.08 Å². The number of amides is 2. The number of hydrogen-bond donors (Lipinski definition) is 3. The van der Waals surface area contributed by atoms with Crippen LogP contribution >= 0.6 is 0 Å². The highest BCUT2D eigenvalue weighted by Crippen LogP contribution is 2.21. The number of urea groups is 1. The quantitative estimate of drug-likeness (QED) is 0.582. The van der Waals surface area contributed by atoms with E-state index in [-0.39, 0.29) is 6.42 Å². The van der Waals surface area contributed by atoms with Crippen molar-refractivity contribution in [2.24, 2.45) is 5.73 Å². The minimum absolute atomic E-state index is 0.176. The number of carbonyl (C=O) groups excluding carboxylic acids is 2. The molecule has 0 saturated carbocycles. The van der Waals surface area contributed by atoms with Gasteiger partial charge in [0.2, 0.25) is 4.87 Å². The van der Waals surface area contributed by atoms with Crippen LogP contribution < -0.4 is 15.8 Å². The molecule has 7 nitrogen and oxygen atoms in total. The van der Waals surface area contributed by atoms with Crippen molar-refractivity contribution in [3.8, 4) is 0 Å². The van der Waals surface area contributed by atoms with Crippen molar-refractivity contribution in [2.75, 3.05) is 0 Å². The second kappa shape index (κ2) is 5.05. The Balaban J connectivity index is 3.26. The molecule has 0 radical (unpaired) electrons. The third-order valence-electron chi connectivity index (χ3n) is 2.24. The number of dihydropyridines is 1. The molecule has 0 aromatic carbocycles. The van der Waals surface area contributed by atoms with Crippen LogP contribution in [0.5, 0.6) is 0 Å². The van der Waals surface area contributed by atoms with E-state index < -0.39 is 26.7 Å². The van der Waals surface area contributed by atoms with Crippen LogP contribution in [-0.4, -0.2) is 25.1 Å². The maximum atomic E-state index is 12.0. The topological polar surface area (TPSA) is 118 Å². The monoisotopic (exact) mass is 271 g/mol. The predicted octanol–water partition coefficient (Wildman–Crippen LogP) is -0.501. The lowest BCUT2D eigenvalue weighted by molar-refractivity contribution is -0.120. The van der Waals surface area contributed by atoms with Crippen molar-refractivity contribution in [1.82, 2.24) is 10.0 Å². The first-order valence-corrected chi connectivity index (χ1v) is 6.42. The van der Waals surface area contributed by atoms with Crippen molar-refractivity contribution >= 4 is 21.8 Å². The molecule has 8 heteroatoms. The van der Waals surface area contributed by atoms with Gasteiger partial charge in [-0.1, -0.05) is 12.2 Å². The fourth-order valence-corrected chi connectivity index (χ4v) is 2.74. The van der Waals surface area contributed by atoms with Gasteiger partial charge in [-0.25, -0.2) is 17.9 Å². The summed E-state index contributed by atoms with van der Waals surface area (Å²) < 4.78 is 25.6. The fourth-order valence-electron chi connectivity index (χ4n) is 1.45. The first-order valence-electron chi connectivity index (χ1n) is 4.94. The number of Topliss-reactive ketones (excluding diaryl/α,β-unsaturated/α-hetero) is 1. The molecule has 18 heavy (non-hydrogen) atoms. The number of allylic oxidation sites excluding steroid dienone is 3. The predicted molar refractivity (Wildman–Crippen MR) is 65.6 cm³/mol. The van der Waals surface area contributed by atoms with Crippen LogP contribution in [0, 0.1) is 0 Å². The lowest BCUT2D eigenvalue weighted by atomic mass is 10.1. The Labute approximate surface area is 104 Å². The van der Waals surface area contributed by atoms with Gasteiger partial charge in [-0.2, -0.15) is 0 Å². The molecule has 4 N–H and O–H groups in total. The molecule has 0 aliphatic carbocycles. The summed E-state index contributed by atoms with van der Waals surface area (Å²) in [6, 6.07) is -1.26. The van der Waals surface area contributed by atoms with Gasteiger partial charge in [0.15, 0.2) is 5.78 Å². The van der Waals surface area contributed by atoms with Gasteiger partial charge in [0.1, 0.15) is 0 Å². The van der Waals surface area contributed by atoms with E-state index in [1.165, 1.54) is 24.4 Å². The molecule has 2 amide bonds. The number of primary amides is 1. The number of nitrogens with one attached hydrogen (secondary N) is 2. The molecule has 0 aromatic rings. The standard InChI is InChI=1S/C10H13N3O4S/c1-2-5-8(14)10(6-3-4-7-12-10)18(16,17)13-9(11)15/h2-4,6-7,12H,1,5H2,(H3,11,13,15). The van der Waals surface area contributed by atoms with Gasteiger partial charge < -0.3 is 11.1 Å². The summed E-state index contributed by atoms with van der Waals surface area (Å²) >= 11 is 0. The number of nitrogens with two attached hydrogens (primary N) is 1. The minimum Gasteiger partial charge on any atom is -0.362 e. The third-order valence-corrected chi connectivity index (χ3v) is 4.04. The van der Waals surface area contributed by atoms with Crippen LogP contribution in [0.4, 0.5) is 4.79 Å². The summed E-state index contributed by atoms with van der Waals surface area (Å²) in [6.45, 7) is 3.37. The summed E-state index contributed by atoms with van der Waals surface area (Å²) in [6.07, 6.45) is 6.44. The number of sulfonamides is 1. The Morgan fingerprint density at radius 1 is 1.44 bits per heavy atom. The molecule has 0 spiro atoms. The summed E-state index contributed by atoms with van der Waals surface area (Å²) in [7, 11) is -4.34. The SMILES string of the molecule is C=CCC(=O)C1(S(=O)(=O)NC(N)=O)C=CC=CN1. The van der Waals surface area contributed by atoms with Crippen LogP contribution in [0.2, 0.25) is 0 Å². The lowest BCUT2D eigenvalue weighted by Crippen LogP contribution is -2.60. The van der Waals surface area contributed by atoms with Crippen LogP contribution in [0.3, 0.4) is 0 Å². The van der Waals surface area contributed by atoms with Crippen LogP contribution in [0.25, 0.3) is 0 Å². The van der Waals surface area contributed by atoms with Gasteiger partial charge in [-0.05, 0) is 18.4 Å². The van der Waals surface area contributed by atoms with E-state index in [1.54, 1.807) is 4.72 Å². The Morgan fingerprint density at radius 3 is 2.56 bits per heavy atom. The van der Waals surface area contributed by atoms with Gasteiger partial charge in [-0.3, -0.25) is 4.79 Å². The van der Waals surface area contributed by atoms with Crippen molar-refractivity contribution in [3.63, 3.8) is 0 Å². The van der Waals surface area contributed by atoms with E-state index in [0.29, 0.717) is 0 Å². The van der Waals surface area contributed by atoms with Crippen LogP contribution in [0.15, 0.2) is 37.1 Å². The fraction of sp³-hybridized carbons (Fsp3) is 0.200. The highest BCUT2D eigenvalue weighted by atomic mass is 32.2. The average molecular weight is 271 g/mol. The van der Waals surface area contributed by atoms with Gasteiger partial charge in [0.05, 0.1) is 0 Å². The van der Waals surface area contributed by atoms with Crippen molar-refractivity contribution in [2.45, 2.75) is 11.3 Å². The largest absolute Gasteiger partial charge is 0.362 e. The zero-order chi connectivity index (χ0) is 13.8. The zero-order valence-corrected chi connectivity index (χ0v) is 10.2. The first-order chi connectivity index (χ1) is 8.35. The summed E-state index contributed by atoms with van der Waals surface area (Å²) in [5, 5.41) is 2.44. The molecular weight excluding hydrogens is 258 g/mol. The molecule has 0 bridgehead atoms. The lowest BCUT2D eigenvalue weighted by Gasteiger charge is -2.30. The van der Waals surface area contributed by atoms with Crippen molar-refractivity contribution < 1.29 is 18.0 Å². The Morgan fingerprint density at radius 2 is 2.11 bits per heavy atom. The second-order valence-corrected chi connectivity index (χ2v) is 5.34. The summed E-state index contributed by atoms with van der Waals surface area (Å²) in [5.74, 6) is -0.674. The molecule has 98 valence electrons. The molecule has 0 saturated heterocycles. The minimum atomic E-state index is -4.34. The normalized spacial score (nSPS) is 22.0. The van der Waals surface area contributed by atoms with Gasteiger partial charge in [-0.15, -0.1) is 6.58 Å². The Bertz CT molecular complexity index is 535. The summed E-state index contributed by atoms with van der Waals surface area (Å²) in [4.78, 5) is 20.6. The molecule has 1 aliphatic rings. The number of ketones is 1. The van der Waals surface area contributed by atoms with E-state index in [2.05, 4.69) is 11.9 Å². The van der Waals surface area contributed by atoms with Gasteiger partial charge >= 0.3 is 6.03 Å². The zero-order valence-electron chi connectivity index (χ0n) is 9.42. The van der Waals surface area contributed by atoms with E-state index >= 15 is 0 Å². The maximum Gasteiger partial charge on any atom is 0.325 e. The molecule has 0 fully saturated rings. The van der Waals surface area contributed by atoms with Crippen LogP contribution in [0.1, 0.15) is 6.42 Å². The molecule has 1 atom stereocenters. The Hall–Kier alpha value is -2.09. The van der Waals surface area contributed by atoms with Crippen molar-refractivity contribution in [3.05, 3.63) is 37.1 Å². The highest BCUT2D eigenvalue weighted by molar-refractivity contribution is 7.92. The second-order valence-electron chi connectivity index (χ2n) is 3.48. The van der Waals surface area contributed by atoms with Gasteiger partial charge in [0.25, 0.3) is 10.0 Å². The van der Waals surface area contributed by atoms with Crippen LogP contribution in [-0.2, 0) is 14.8 Å². The Kier molecular flexibility index (Phi) is 3.92. The average Bonchev–Trinajstić information content (AvgIpc) is 2.28. The van der Waals surface area contributed by atoms with E-state index in [1.807, 2.05) is 0 Å². The third kappa shape index (κ3) is 2.43. The van der Waals surface area contributed by atoms with Crippen molar-refractivity contribution in [1.29, 1.82) is 0 Å². The highest BCUT2D eigenvalue weighted by Gasteiger charge is 2.48. The van der Waals surface area contributed by atoms with E-state index in [4.69, 9.17) is 5.73 Å². The number of carbonyl (C=O) groups is 2. The molecule has 1 unspecified atom stereocenters. The summed E-state index contributed by atoms with van der Waals surface area (Å²) in [5.41, 5.74) is 4.79. The molecule has 0 aromatic heterocycles. The number of rotatable bonds is 5. The molecular formula is C10H13N3O4S. The van der Waals surface area contributed by atoms with Gasteiger partial charge in [0, 0.05) is 6.42 Å². The molecule has 1 rings (SSSR count). The maximum absolute atomic E-state index is 12.0. The molecule has 1 aliphatic heterocycles. The smallest absolute Gasteiger partial charge is 0.325 e. The molecule has 1 heterocycles. The van der Waals surface area contributed by atoms with E-state index in [9.17, 15) is 18.0 Å².